The number of rotatable bonds is 2. The van der Waals surface area contributed by atoms with Crippen LogP contribution in [0.3, 0.4) is 0 Å². The average molecular weight is 278 g/mol. The maximum atomic E-state index is 5.99. The van der Waals surface area contributed by atoms with Crippen molar-refractivity contribution in [1.29, 1.82) is 0 Å². The van der Waals surface area contributed by atoms with E-state index >= 15 is 0 Å². The Kier molecular flexibility index (Phi) is 4.10. The summed E-state index contributed by atoms with van der Waals surface area (Å²) in [5.41, 5.74) is 8.96. The molecule has 0 amide bonds. The van der Waals surface area contributed by atoms with Gasteiger partial charge >= 0.3 is 0 Å². The van der Waals surface area contributed by atoms with Gasteiger partial charge in [0.15, 0.2) is 6.79 Å². The van der Waals surface area contributed by atoms with Gasteiger partial charge in [-0.05, 0) is 25.5 Å². The molecular weight excluding hydrogens is 256 g/mol. The summed E-state index contributed by atoms with van der Waals surface area (Å²) in [5, 5.41) is 0. The van der Waals surface area contributed by atoms with Gasteiger partial charge in [-0.15, -0.1) is 0 Å². The van der Waals surface area contributed by atoms with Gasteiger partial charge in [-0.25, -0.2) is 0 Å². The minimum absolute atomic E-state index is 0.277. The molecule has 5 nitrogen and oxygen atoms in total. The number of hydrogen-bond acceptors (Lipinski definition) is 5. The third kappa shape index (κ3) is 3.06. The fourth-order valence-electron chi connectivity index (χ4n) is 2.91. The van der Waals surface area contributed by atoms with Crippen LogP contribution in [0.15, 0.2) is 12.1 Å². The topological polar surface area (TPSA) is 57.0 Å². The van der Waals surface area contributed by atoms with Crippen LogP contribution in [0.2, 0.25) is 0 Å². The molecule has 20 heavy (non-hydrogen) atoms. The Labute approximate surface area is 119 Å². The number of nitrogen functional groups attached to an aromatic ring is 1. The standard InChI is InChI=1S/C15H22N2O3/c1-11-7-17(3-2-4-19-11)8-12-5-14(16)6-13-9-18-10-20-15(12)13/h5-6,11H,2-4,7-10,16H2,1H3. The smallest absolute Gasteiger partial charge is 0.189 e. The van der Waals surface area contributed by atoms with E-state index in [1.165, 1.54) is 0 Å². The number of benzene rings is 1. The lowest BCUT2D eigenvalue weighted by atomic mass is 10.1. The Balaban J connectivity index is 1.80. The van der Waals surface area contributed by atoms with Gasteiger partial charge in [-0.2, -0.15) is 0 Å². The zero-order chi connectivity index (χ0) is 13.9. The molecule has 1 unspecified atom stereocenters. The Morgan fingerprint density at radius 2 is 2.30 bits per heavy atom. The van der Waals surface area contributed by atoms with E-state index in [9.17, 15) is 0 Å². The monoisotopic (exact) mass is 278 g/mol. The molecule has 3 rings (SSSR count). The summed E-state index contributed by atoms with van der Waals surface area (Å²) < 4.78 is 16.7. The highest BCUT2D eigenvalue weighted by Crippen LogP contribution is 2.31. The third-order valence-corrected chi connectivity index (χ3v) is 3.74. The van der Waals surface area contributed by atoms with Crippen LogP contribution < -0.4 is 10.5 Å². The molecule has 0 saturated carbocycles. The first-order valence-corrected chi connectivity index (χ1v) is 7.18. The average Bonchev–Trinajstić information content (AvgIpc) is 2.63. The summed E-state index contributed by atoms with van der Waals surface area (Å²) >= 11 is 0. The normalized spacial score (nSPS) is 23.8. The van der Waals surface area contributed by atoms with Crippen molar-refractivity contribution in [2.24, 2.45) is 0 Å². The molecule has 0 aromatic heterocycles. The van der Waals surface area contributed by atoms with Crippen LogP contribution in [-0.2, 0) is 22.6 Å². The van der Waals surface area contributed by atoms with Gasteiger partial charge in [-0.3, -0.25) is 4.90 Å². The van der Waals surface area contributed by atoms with Crippen molar-refractivity contribution in [3.05, 3.63) is 23.3 Å². The maximum absolute atomic E-state index is 5.99. The molecule has 1 saturated heterocycles. The summed E-state index contributed by atoms with van der Waals surface area (Å²) in [6, 6.07) is 3.95. The number of hydrogen-bond donors (Lipinski definition) is 1. The largest absolute Gasteiger partial charge is 0.467 e. The van der Waals surface area contributed by atoms with Crippen molar-refractivity contribution in [3.63, 3.8) is 0 Å². The van der Waals surface area contributed by atoms with E-state index in [2.05, 4.69) is 11.8 Å². The SMILES string of the molecule is CC1CN(Cc2cc(N)cc3c2OCOC3)CCCO1. The molecule has 0 radical (unpaired) electrons. The molecule has 0 bridgehead atoms. The lowest BCUT2D eigenvalue weighted by molar-refractivity contribution is -0.0175. The van der Waals surface area contributed by atoms with Gasteiger partial charge in [0.05, 0.1) is 12.7 Å². The zero-order valence-electron chi connectivity index (χ0n) is 11.9. The van der Waals surface area contributed by atoms with E-state index in [0.717, 1.165) is 55.2 Å². The zero-order valence-corrected chi connectivity index (χ0v) is 11.9. The molecule has 2 heterocycles. The lowest BCUT2D eigenvalue weighted by Crippen LogP contribution is -2.30. The molecular formula is C15H22N2O3. The van der Waals surface area contributed by atoms with Gasteiger partial charge < -0.3 is 19.9 Å². The molecule has 2 N–H and O–H groups in total. The molecule has 2 aliphatic rings. The van der Waals surface area contributed by atoms with E-state index in [4.69, 9.17) is 19.9 Å². The van der Waals surface area contributed by atoms with E-state index in [0.29, 0.717) is 13.4 Å². The molecule has 0 spiro atoms. The Hall–Kier alpha value is -1.30. The molecule has 110 valence electrons. The molecule has 1 aromatic carbocycles. The minimum atomic E-state index is 0.277. The highest BCUT2D eigenvalue weighted by atomic mass is 16.7. The summed E-state index contributed by atoms with van der Waals surface area (Å²) in [4.78, 5) is 2.41. The van der Waals surface area contributed by atoms with E-state index < -0.39 is 0 Å². The van der Waals surface area contributed by atoms with Crippen LogP contribution in [0.1, 0.15) is 24.5 Å². The summed E-state index contributed by atoms with van der Waals surface area (Å²) in [7, 11) is 0. The predicted octanol–water partition coefficient (Wildman–Crippen LogP) is 1.75. The fourth-order valence-corrected chi connectivity index (χ4v) is 2.91. The molecule has 5 heteroatoms. The summed E-state index contributed by atoms with van der Waals surface area (Å²) in [5.74, 6) is 0.947. The molecule has 1 fully saturated rings. The van der Waals surface area contributed by atoms with Gasteiger partial charge in [0.1, 0.15) is 5.75 Å². The Morgan fingerprint density at radius 1 is 1.40 bits per heavy atom. The highest BCUT2D eigenvalue weighted by Gasteiger charge is 2.20. The highest BCUT2D eigenvalue weighted by molar-refractivity contribution is 5.53. The molecule has 1 atom stereocenters. The first kappa shape index (κ1) is 13.7. The van der Waals surface area contributed by atoms with E-state index in [1.807, 2.05) is 12.1 Å². The Morgan fingerprint density at radius 3 is 3.20 bits per heavy atom. The van der Waals surface area contributed by atoms with Crippen LogP contribution in [0.25, 0.3) is 0 Å². The van der Waals surface area contributed by atoms with Gasteiger partial charge in [0, 0.05) is 43.1 Å². The lowest BCUT2D eigenvalue weighted by Gasteiger charge is -2.26. The molecule has 2 aliphatic heterocycles. The van der Waals surface area contributed by atoms with Gasteiger partial charge in [0.25, 0.3) is 0 Å². The minimum Gasteiger partial charge on any atom is -0.467 e. The predicted molar refractivity (Wildman–Crippen MR) is 76.4 cm³/mol. The van der Waals surface area contributed by atoms with Crippen LogP contribution in [0, 0.1) is 0 Å². The van der Waals surface area contributed by atoms with Crippen molar-refractivity contribution in [2.45, 2.75) is 32.6 Å². The van der Waals surface area contributed by atoms with Crippen molar-refractivity contribution < 1.29 is 14.2 Å². The van der Waals surface area contributed by atoms with Gasteiger partial charge in [0.2, 0.25) is 0 Å². The van der Waals surface area contributed by atoms with E-state index in [-0.39, 0.29) is 6.10 Å². The quantitative estimate of drug-likeness (QED) is 0.835. The summed E-state index contributed by atoms with van der Waals surface area (Å²) in [6.07, 6.45) is 1.34. The van der Waals surface area contributed by atoms with Crippen molar-refractivity contribution >= 4 is 5.69 Å². The van der Waals surface area contributed by atoms with E-state index in [1.54, 1.807) is 0 Å². The van der Waals surface area contributed by atoms with Crippen LogP contribution >= 0.6 is 0 Å². The van der Waals surface area contributed by atoms with Crippen LogP contribution in [0.4, 0.5) is 5.69 Å². The Bertz CT molecular complexity index is 478. The molecule has 0 aliphatic carbocycles. The first-order chi connectivity index (χ1) is 9.72. The third-order valence-electron chi connectivity index (χ3n) is 3.74. The first-order valence-electron chi connectivity index (χ1n) is 7.18. The fraction of sp³-hybridized carbons (Fsp3) is 0.600. The number of ether oxygens (including phenoxy) is 3. The molecule has 1 aromatic rings. The van der Waals surface area contributed by atoms with Crippen molar-refractivity contribution in [3.8, 4) is 5.75 Å². The maximum Gasteiger partial charge on any atom is 0.189 e. The van der Waals surface area contributed by atoms with Crippen molar-refractivity contribution in [2.75, 3.05) is 32.2 Å². The number of fused-ring (bicyclic) bond motifs is 1. The van der Waals surface area contributed by atoms with Crippen LogP contribution in [0.5, 0.6) is 5.75 Å². The second-order valence-corrected chi connectivity index (χ2v) is 5.55. The second-order valence-electron chi connectivity index (χ2n) is 5.55. The number of anilines is 1. The van der Waals surface area contributed by atoms with Crippen molar-refractivity contribution in [1.82, 2.24) is 4.90 Å². The second kappa shape index (κ2) is 5.99. The van der Waals surface area contributed by atoms with Crippen LogP contribution in [-0.4, -0.2) is 37.5 Å². The van der Waals surface area contributed by atoms with Gasteiger partial charge in [-0.1, -0.05) is 0 Å². The summed E-state index contributed by atoms with van der Waals surface area (Å²) in [6.45, 7) is 6.70. The number of nitrogens with zero attached hydrogens (tertiary/aromatic N) is 1. The number of nitrogens with two attached hydrogens (primary N) is 1.